The molecule has 0 amide bonds. The average Bonchev–Trinajstić information content (AvgIpc) is 1.62. The normalized spacial score (nSPS) is 21.4. The van der Waals surface area contributed by atoms with Crippen molar-refractivity contribution in [2.45, 2.75) is 12.7 Å². The molecule has 0 aromatic carbocycles. The van der Waals surface area contributed by atoms with Crippen LogP contribution in [-0.2, 0) is 4.57 Å². The topological polar surface area (TPSA) is 66.7 Å². The number of hydrogen-bond donors (Lipinski definition) is 1. The van der Waals surface area contributed by atoms with E-state index in [4.69, 9.17) is 4.89 Å². The highest BCUT2D eigenvalue weighted by molar-refractivity contribution is 7.57. The molecule has 0 aromatic heterocycles. The lowest BCUT2D eigenvalue weighted by Crippen LogP contribution is -1.95. The van der Waals surface area contributed by atoms with Gasteiger partial charge in [0.05, 0.1) is 0 Å². The van der Waals surface area contributed by atoms with Crippen molar-refractivity contribution in [3.05, 3.63) is 4.91 Å². The Bertz CT molecular complexity index is 128. The molecule has 0 aliphatic carbocycles. The van der Waals surface area contributed by atoms with Crippen LogP contribution in [0.4, 0.5) is 0 Å². The number of hydrogen-bond acceptors (Lipinski definition) is 3. The van der Waals surface area contributed by atoms with Gasteiger partial charge >= 0.3 is 0 Å². The summed E-state index contributed by atoms with van der Waals surface area (Å²) in [4.78, 5) is 18.1. The summed E-state index contributed by atoms with van der Waals surface area (Å²) in [6, 6.07) is 0. The highest BCUT2D eigenvalue weighted by Gasteiger charge is 2.20. The predicted octanol–water partition coefficient (Wildman–Crippen LogP) is 0.999. The van der Waals surface area contributed by atoms with Crippen LogP contribution in [0.5, 0.6) is 0 Å². The van der Waals surface area contributed by atoms with E-state index in [9.17, 15) is 9.47 Å². The summed E-state index contributed by atoms with van der Waals surface area (Å²) in [5.74, 6) is -0.970. The van der Waals surface area contributed by atoms with E-state index in [0.717, 1.165) is 6.66 Å². The number of nitroso groups, excluding NO2 is 1. The predicted molar refractivity (Wildman–Crippen MR) is 31.0 cm³/mol. The van der Waals surface area contributed by atoms with Gasteiger partial charge in [-0.25, -0.2) is 0 Å². The van der Waals surface area contributed by atoms with Gasteiger partial charge in [0.1, 0.15) is 0 Å². The van der Waals surface area contributed by atoms with E-state index in [1.165, 1.54) is 6.92 Å². The quantitative estimate of drug-likeness (QED) is 0.456. The summed E-state index contributed by atoms with van der Waals surface area (Å²) in [6.45, 7) is 2.42. The van der Waals surface area contributed by atoms with Gasteiger partial charge in [-0.15, -0.1) is 4.91 Å². The largest absolute Gasteiger partial charge is 0.343 e. The third kappa shape index (κ3) is 2.19. The van der Waals surface area contributed by atoms with Gasteiger partial charge < -0.3 is 4.89 Å². The second kappa shape index (κ2) is 2.37. The first-order valence-corrected chi connectivity index (χ1v) is 4.28. The lowest BCUT2D eigenvalue weighted by molar-refractivity contribution is 0.474. The molecule has 0 saturated heterocycles. The van der Waals surface area contributed by atoms with Crippen LogP contribution in [0.25, 0.3) is 0 Å². The molecule has 0 aliphatic heterocycles. The Hall–Kier alpha value is -0.210. The van der Waals surface area contributed by atoms with Crippen LogP contribution < -0.4 is 0 Å². The highest BCUT2D eigenvalue weighted by Crippen LogP contribution is 2.41. The maximum absolute atomic E-state index is 10.4. The molecule has 0 heterocycles. The standard InChI is InChI=1S/C3H8NO3P/c1-3(4-5)8(2,6)7/h3H,1-2H3,(H,6,7). The van der Waals surface area contributed by atoms with Gasteiger partial charge in [0.15, 0.2) is 5.78 Å². The third-order valence-electron chi connectivity index (χ3n) is 0.846. The van der Waals surface area contributed by atoms with E-state index < -0.39 is 13.2 Å². The minimum absolute atomic E-state index is 0.970. The van der Waals surface area contributed by atoms with Gasteiger partial charge in [-0.2, -0.15) is 0 Å². The van der Waals surface area contributed by atoms with E-state index >= 15 is 0 Å². The maximum atomic E-state index is 10.4. The maximum Gasteiger partial charge on any atom is 0.224 e. The van der Waals surface area contributed by atoms with Crippen molar-refractivity contribution in [2.75, 3.05) is 6.66 Å². The molecule has 0 bridgehead atoms. The van der Waals surface area contributed by atoms with E-state index in [1.807, 2.05) is 0 Å². The Labute approximate surface area is 47.3 Å². The first kappa shape index (κ1) is 7.79. The first-order valence-electron chi connectivity index (χ1n) is 2.11. The van der Waals surface area contributed by atoms with Crippen LogP contribution in [0.1, 0.15) is 6.92 Å². The van der Waals surface area contributed by atoms with E-state index in [0.29, 0.717) is 0 Å². The van der Waals surface area contributed by atoms with Crippen LogP contribution >= 0.6 is 7.37 Å². The summed E-state index contributed by atoms with van der Waals surface area (Å²) in [5.41, 5.74) is 0. The molecule has 0 fully saturated rings. The van der Waals surface area contributed by atoms with Gasteiger partial charge in [-0.1, -0.05) is 5.18 Å². The third-order valence-corrected chi connectivity index (χ3v) is 2.33. The molecule has 0 spiro atoms. The molecule has 2 atom stereocenters. The van der Waals surface area contributed by atoms with Crippen molar-refractivity contribution in [1.29, 1.82) is 0 Å². The lowest BCUT2D eigenvalue weighted by Gasteiger charge is -2.03. The van der Waals surface area contributed by atoms with Crippen LogP contribution in [0.3, 0.4) is 0 Å². The Morgan fingerprint density at radius 1 is 1.75 bits per heavy atom. The molecule has 1 N–H and O–H groups in total. The smallest absolute Gasteiger partial charge is 0.224 e. The van der Waals surface area contributed by atoms with Crippen molar-refractivity contribution in [3.63, 3.8) is 0 Å². The molecule has 0 aromatic rings. The van der Waals surface area contributed by atoms with E-state index in [1.54, 1.807) is 0 Å². The van der Waals surface area contributed by atoms with Crippen molar-refractivity contribution in [2.24, 2.45) is 5.18 Å². The molecule has 5 heteroatoms. The molecule has 0 aliphatic rings. The zero-order valence-corrected chi connectivity index (χ0v) is 5.63. The van der Waals surface area contributed by atoms with Gasteiger partial charge in [0.25, 0.3) is 0 Å². The summed E-state index contributed by atoms with van der Waals surface area (Å²) >= 11 is 0. The second-order valence-electron chi connectivity index (χ2n) is 1.68. The summed E-state index contributed by atoms with van der Waals surface area (Å²) < 4.78 is 10.4. The fraction of sp³-hybridized carbons (Fsp3) is 1.00. The highest BCUT2D eigenvalue weighted by atomic mass is 31.2. The number of nitrogens with zero attached hydrogens (tertiary/aromatic N) is 1. The van der Waals surface area contributed by atoms with Crippen LogP contribution in [0, 0.1) is 4.91 Å². The molecule has 8 heavy (non-hydrogen) atoms. The SMILES string of the molecule is CC(N=O)P(C)(=O)O. The molecule has 48 valence electrons. The van der Waals surface area contributed by atoms with Gasteiger partial charge in [0.2, 0.25) is 7.37 Å². The molecular formula is C3H8NO3P. The lowest BCUT2D eigenvalue weighted by atomic mass is 10.8. The monoisotopic (exact) mass is 137 g/mol. The van der Waals surface area contributed by atoms with Crippen molar-refractivity contribution < 1.29 is 9.46 Å². The Morgan fingerprint density at radius 2 is 2.12 bits per heavy atom. The molecule has 0 saturated carbocycles. The molecular weight excluding hydrogens is 129 g/mol. The summed E-state index contributed by atoms with van der Waals surface area (Å²) in [6.07, 6.45) is 0. The molecule has 0 rings (SSSR count). The van der Waals surface area contributed by atoms with Crippen LogP contribution in [0.15, 0.2) is 5.18 Å². The van der Waals surface area contributed by atoms with Crippen molar-refractivity contribution >= 4 is 7.37 Å². The van der Waals surface area contributed by atoms with Crippen molar-refractivity contribution in [1.82, 2.24) is 0 Å². The van der Waals surface area contributed by atoms with E-state index in [-0.39, 0.29) is 0 Å². The van der Waals surface area contributed by atoms with Gasteiger partial charge in [-0.05, 0) is 6.92 Å². The average molecular weight is 137 g/mol. The molecule has 4 nitrogen and oxygen atoms in total. The van der Waals surface area contributed by atoms with Gasteiger partial charge in [0, 0.05) is 6.66 Å². The van der Waals surface area contributed by atoms with Crippen LogP contribution in [-0.4, -0.2) is 17.3 Å². The Kier molecular flexibility index (Phi) is 2.31. The first-order chi connectivity index (χ1) is 3.48. The molecule has 2 unspecified atom stereocenters. The van der Waals surface area contributed by atoms with Crippen LogP contribution in [0.2, 0.25) is 0 Å². The zero-order chi connectivity index (χ0) is 6.78. The number of rotatable bonds is 2. The molecule has 0 radical (unpaired) electrons. The summed E-state index contributed by atoms with van der Waals surface area (Å²) in [7, 11) is -3.24. The van der Waals surface area contributed by atoms with Crippen molar-refractivity contribution in [3.8, 4) is 0 Å². The minimum Gasteiger partial charge on any atom is -0.343 e. The summed E-state index contributed by atoms with van der Waals surface area (Å²) in [5, 5.41) is 2.40. The zero-order valence-electron chi connectivity index (χ0n) is 4.74. The fourth-order valence-electron chi connectivity index (χ4n) is 0.0875. The second-order valence-corrected chi connectivity index (χ2v) is 4.31. The minimum atomic E-state index is -3.24. The van der Waals surface area contributed by atoms with Gasteiger partial charge in [-0.3, -0.25) is 4.57 Å². The Balaban J connectivity index is 4.02. The van der Waals surface area contributed by atoms with E-state index in [2.05, 4.69) is 5.18 Å². The fourth-order valence-corrected chi connectivity index (χ4v) is 0.262. The Morgan fingerprint density at radius 3 is 2.12 bits per heavy atom.